The Kier molecular flexibility index (Phi) is 4.51. The van der Waals surface area contributed by atoms with E-state index in [9.17, 15) is 9.59 Å². The molecular weight excluding hydrogens is 206 g/mol. The van der Waals surface area contributed by atoms with Crippen LogP contribution in [0.4, 0.5) is 4.79 Å². The highest BCUT2D eigenvalue weighted by Crippen LogP contribution is 2.01. The Bertz CT molecular complexity index is 362. The van der Waals surface area contributed by atoms with Gasteiger partial charge in [0.1, 0.15) is 6.61 Å². The highest BCUT2D eigenvalue weighted by Gasteiger charge is 2.24. The van der Waals surface area contributed by atoms with Crippen molar-refractivity contribution in [3.8, 4) is 0 Å². The van der Waals surface area contributed by atoms with E-state index < -0.39 is 6.09 Å². The molecule has 1 saturated heterocycles. The number of ether oxygens (including phenoxy) is 1. The standard InChI is InChI=1S/C7H8.C5H7NO3/c1-7-5-3-2-4-6-7;1-4(7)6-2-3-9-5(6)8/h2-6H,1H3;2-3H2,1H3. The van der Waals surface area contributed by atoms with Gasteiger partial charge in [0, 0.05) is 6.92 Å². The summed E-state index contributed by atoms with van der Waals surface area (Å²) in [7, 11) is 0. The summed E-state index contributed by atoms with van der Waals surface area (Å²) in [5, 5.41) is 0. The first-order valence-corrected chi connectivity index (χ1v) is 5.08. The maximum Gasteiger partial charge on any atom is 0.416 e. The highest BCUT2D eigenvalue weighted by molar-refractivity contribution is 5.91. The maximum absolute atomic E-state index is 10.5. The zero-order valence-corrected chi connectivity index (χ0v) is 9.47. The minimum absolute atomic E-state index is 0.252. The van der Waals surface area contributed by atoms with Crippen LogP contribution in [0.25, 0.3) is 0 Å². The van der Waals surface area contributed by atoms with Gasteiger partial charge in [0.15, 0.2) is 0 Å². The summed E-state index contributed by atoms with van der Waals surface area (Å²) in [6, 6.07) is 10.3. The van der Waals surface area contributed by atoms with E-state index in [0.29, 0.717) is 13.2 Å². The maximum atomic E-state index is 10.5. The predicted molar refractivity (Wildman–Crippen MR) is 59.9 cm³/mol. The van der Waals surface area contributed by atoms with Crippen molar-refractivity contribution in [2.24, 2.45) is 0 Å². The van der Waals surface area contributed by atoms with E-state index in [1.807, 2.05) is 18.2 Å². The first-order valence-electron chi connectivity index (χ1n) is 5.08. The third-order valence-corrected chi connectivity index (χ3v) is 2.08. The molecule has 1 aromatic rings. The predicted octanol–water partition coefficient (Wildman–Crippen LogP) is 1.98. The molecule has 0 N–H and O–H groups in total. The lowest BCUT2D eigenvalue weighted by atomic mass is 10.2. The topological polar surface area (TPSA) is 46.6 Å². The molecule has 0 aromatic heterocycles. The molecule has 1 fully saturated rings. The third-order valence-electron chi connectivity index (χ3n) is 2.08. The minimum Gasteiger partial charge on any atom is -0.447 e. The molecule has 2 rings (SSSR count). The fraction of sp³-hybridized carbons (Fsp3) is 0.333. The van der Waals surface area contributed by atoms with Gasteiger partial charge < -0.3 is 4.74 Å². The Morgan fingerprint density at radius 2 is 1.94 bits per heavy atom. The monoisotopic (exact) mass is 221 g/mol. The zero-order valence-electron chi connectivity index (χ0n) is 9.47. The van der Waals surface area contributed by atoms with Gasteiger partial charge in [-0.25, -0.2) is 9.69 Å². The summed E-state index contributed by atoms with van der Waals surface area (Å²) in [4.78, 5) is 22.0. The van der Waals surface area contributed by atoms with Crippen LogP contribution in [0, 0.1) is 6.92 Å². The van der Waals surface area contributed by atoms with Gasteiger partial charge in [-0.2, -0.15) is 0 Å². The van der Waals surface area contributed by atoms with E-state index in [2.05, 4.69) is 23.8 Å². The van der Waals surface area contributed by atoms with E-state index in [4.69, 9.17) is 0 Å². The molecule has 1 aliphatic heterocycles. The third kappa shape index (κ3) is 3.73. The summed E-state index contributed by atoms with van der Waals surface area (Å²) >= 11 is 0. The summed E-state index contributed by atoms with van der Waals surface area (Å²) in [5.41, 5.74) is 1.32. The second kappa shape index (κ2) is 5.90. The molecule has 4 nitrogen and oxygen atoms in total. The average Bonchev–Trinajstić information content (AvgIpc) is 2.66. The fourth-order valence-electron chi connectivity index (χ4n) is 1.21. The van der Waals surface area contributed by atoms with E-state index >= 15 is 0 Å². The van der Waals surface area contributed by atoms with Gasteiger partial charge in [-0.15, -0.1) is 0 Å². The van der Waals surface area contributed by atoms with Crippen molar-refractivity contribution in [1.82, 2.24) is 4.90 Å². The van der Waals surface area contributed by atoms with Gasteiger partial charge in [0.25, 0.3) is 0 Å². The summed E-state index contributed by atoms with van der Waals surface area (Å²) < 4.78 is 4.49. The van der Waals surface area contributed by atoms with Crippen molar-refractivity contribution in [3.05, 3.63) is 35.9 Å². The fourth-order valence-corrected chi connectivity index (χ4v) is 1.21. The van der Waals surface area contributed by atoms with Crippen LogP contribution in [0.2, 0.25) is 0 Å². The lowest BCUT2D eigenvalue weighted by molar-refractivity contribution is -0.125. The number of rotatable bonds is 0. The molecule has 0 unspecified atom stereocenters. The molecule has 86 valence electrons. The van der Waals surface area contributed by atoms with E-state index in [1.165, 1.54) is 12.5 Å². The van der Waals surface area contributed by atoms with Crippen molar-refractivity contribution >= 4 is 12.0 Å². The van der Waals surface area contributed by atoms with Crippen LogP contribution < -0.4 is 0 Å². The Morgan fingerprint density at radius 3 is 2.19 bits per heavy atom. The quantitative estimate of drug-likeness (QED) is 0.673. The van der Waals surface area contributed by atoms with E-state index in [0.717, 1.165) is 4.90 Å². The first-order chi connectivity index (χ1) is 7.61. The average molecular weight is 221 g/mol. The van der Waals surface area contributed by atoms with Crippen LogP contribution in [-0.4, -0.2) is 30.1 Å². The molecule has 1 heterocycles. The van der Waals surface area contributed by atoms with Crippen LogP contribution in [0.3, 0.4) is 0 Å². The Morgan fingerprint density at radius 1 is 1.31 bits per heavy atom. The van der Waals surface area contributed by atoms with Crippen molar-refractivity contribution < 1.29 is 14.3 Å². The van der Waals surface area contributed by atoms with E-state index in [-0.39, 0.29) is 5.91 Å². The number of cyclic esters (lactones) is 1. The smallest absolute Gasteiger partial charge is 0.416 e. The second-order valence-electron chi connectivity index (χ2n) is 3.44. The molecule has 1 aromatic carbocycles. The van der Waals surface area contributed by atoms with E-state index in [1.54, 1.807) is 0 Å². The molecular formula is C12H15NO3. The molecule has 16 heavy (non-hydrogen) atoms. The number of aryl methyl sites for hydroxylation is 1. The normalized spacial score (nSPS) is 13.9. The highest BCUT2D eigenvalue weighted by atomic mass is 16.6. The van der Waals surface area contributed by atoms with Crippen molar-refractivity contribution in [2.45, 2.75) is 13.8 Å². The minimum atomic E-state index is -0.525. The number of carbonyl (C=O) groups is 2. The second-order valence-corrected chi connectivity index (χ2v) is 3.44. The number of hydrogen-bond acceptors (Lipinski definition) is 3. The van der Waals surface area contributed by atoms with Crippen molar-refractivity contribution in [1.29, 1.82) is 0 Å². The molecule has 1 aliphatic rings. The Labute approximate surface area is 94.8 Å². The number of benzene rings is 1. The van der Waals surface area contributed by atoms with Crippen LogP contribution in [0.15, 0.2) is 30.3 Å². The Hall–Kier alpha value is -1.84. The van der Waals surface area contributed by atoms with Gasteiger partial charge in [0.05, 0.1) is 6.54 Å². The van der Waals surface area contributed by atoms with Crippen LogP contribution >= 0.6 is 0 Å². The van der Waals surface area contributed by atoms with Gasteiger partial charge in [-0.05, 0) is 6.92 Å². The van der Waals surface area contributed by atoms with Gasteiger partial charge >= 0.3 is 6.09 Å². The molecule has 0 bridgehead atoms. The van der Waals surface area contributed by atoms with Crippen LogP contribution in [0.5, 0.6) is 0 Å². The number of imide groups is 1. The number of nitrogens with zero attached hydrogens (tertiary/aromatic N) is 1. The molecule has 0 radical (unpaired) electrons. The lowest BCUT2D eigenvalue weighted by Gasteiger charge is -2.04. The number of hydrogen-bond donors (Lipinski definition) is 0. The molecule has 2 amide bonds. The summed E-state index contributed by atoms with van der Waals surface area (Å²) in [6.07, 6.45) is -0.525. The van der Waals surface area contributed by atoms with Crippen LogP contribution in [-0.2, 0) is 9.53 Å². The molecule has 4 heteroatoms. The van der Waals surface area contributed by atoms with Crippen molar-refractivity contribution in [3.63, 3.8) is 0 Å². The Balaban J connectivity index is 0.000000165. The number of amides is 2. The van der Waals surface area contributed by atoms with Gasteiger partial charge in [0.2, 0.25) is 5.91 Å². The number of carbonyl (C=O) groups excluding carboxylic acids is 2. The first kappa shape index (κ1) is 12.2. The summed E-state index contributed by atoms with van der Waals surface area (Å²) in [6.45, 7) is 4.15. The van der Waals surface area contributed by atoms with Gasteiger partial charge in [-0.3, -0.25) is 4.79 Å². The molecule has 0 spiro atoms. The lowest BCUT2D eigenvalue weighted by Crippen LogP contribution is -2.28. The van der Waals surface area contributed by atoms with Crippen molar-refractivity contribution in [2.75, 3.05) is 13.2 Å². The molecule has 0 aliphatic carbocycles. The van der Waals surface area contributed by atoms with Gasteiger partial charge in [-0.1, -0.05) is 35.9 Å². The summed E-state index contributed by atoms with van der Waals surface area (Å²) in [5.74, 6) is -0.252. The SMILES string of the molecule is CC(=O)N1CCOC1=O.Cc1ccccc1. The largest absolute Gasteiger partial charge is 0.447 e. The zero-order chi connectivity index (χ0) is 12.0. The molecule has 0 saturated carbocycles. The molecule has 0 atom stereocenters. The van der Waals surface area contributed by atoms with Crippen LogP contribution in [0.1, 0.15) is 12.5 Å².